The van der Waals surface area contributed by atoms with Crippen molar-refractivity contribution in [2.24, 2.45) is 0 Å². The van der Waals surface area contributed by atoms with Crippen molar-refractivity contribution in [3.05, 3.63) is 65.2 Å². The summed E-state index contributed by atoms with van der Waals surface area (Å²) < 4.78 is 26.6. The molecule has 0 spiro atoms. The van der Waals surface area contributed by atoms with Gasteiger partial charge in [-0.15, -0.1) is 0 Å². The van der Waals surface area contributed by atoms with Crippen LogP contribution < -0.4 is 10.0 Å². The molecule has 0 heterocycles. The molecule has 2 aromatic carbocycles. The Bertz CT molecular complexity index is 875. The van der Waals surface area contributed by atoms with E-state index in [1.807, 2.05) is 6.07 Å². The second kappa shape index (κ2) is 8.29. The number of rotatable bonds is 6. The van der Waals surface area contributed by atoms with Gasteiger partial charge in [-0.2, -0.15) is 0 Å². The van der Waals surface area contributed by atoms with Gasteiger partial charge in [0.1, 0.15) is 0 Å². The Kier molecular flexibility index (Phi) is 6.36. The topological polar surface area (TPSA) is 75.3 Å². The van der Waals surface area contributed by atoms with Gasteiger partial charge in [-0.1, -0.05) is 23.7 Å². The number of hydrogen-bond acceptors (Lipinski definition) is 3. The van der Waals surface area contributed by atoms with Crippen molar-refractivity contribution >= 4 is 39.3 Å². The van der Waals surface area contributed by atoms with Gasteiger partial charge in [-0.05, 0) is 61.9 Å². The van der Waals surface area contributed by atoms with Crippen LogP contribution in [-0.2, 0) is 14.8 Å². The second-order valence-corrected chi connectivity index (χ2v) is 7.83. The standard InChI is InChI=1S/C18H19ClN2O3S/c1-13(2)21-25(23,24)17-9-7-16(8-10-17)20-18(22)11-6-14-4-3-5-15(19)12-14/h3-13,21H,1-2H3,(H,20,22)/b11-6+. The molecule has 0 atom stereocenters. The number of carbonyl (C=O) groups excluding carboxylic acids is 1. The number of halogens is 1. The highest BCUT2D eigenvalue weighted by molar-refractivity contribution is 7.89. The van der Waals surface area contributed by atoms with Crippen LogP contribution in [0.2, 0.25) is 5.02 Å². The fourth-order valence-electron chi connectivity index (χ4n) is 2.06. The van der Waals surface area contributed by atoms with Crippen LogP contribution in [0.25, 0.3) is 6.08 Å². The van der Waals surface area contributed by atoms with E-state index in [1.54, 1.807) is 50.3 Å². The normalized spacial score (nSPS) is 11.8. The molecule has 132 valence electrons. The van der Waals surface area contributed by atoms with Crippen molar-refractivity contribution in [2.75, 3.05) is 5.32 Å². The molecule has 25 heavy (non-hydrogen) atoms. The monoisotopic (exact) mass is 378 g/mol. The maximum Gasteiger partial charge on any atom is 0.248 e. The van der Waals surface area contributed by atoms with E-state index in [0.29, 0.717) is 10.7 Å². The molecule has 2 rings (SSSR count). The zero-order chi connectivity index (χ0) is 18.4. The molecule has 2 N–H and O–H groups in total. The fourth-order valence-corrected chi connectivity index (χ4v) is 3.51. The lowest BCUT2D eigenvalue weighted by atomic mass is 10.2. The number of carbonyl (C=O) groups is 1. The van der Waals surface area contributed by atoms with Crippen LogP contribution in [0.15, 0.2) is 59.5 Å². The zero-order valence-electron chi connectivity index (χ0n) is 13.9. The number of benzene rings is 2. The zero-order valence-corrected chi connectivity index (χ0v) is 15.4. The van der Waals surface area contributed by atoms with Crippen LogP contribution in [0.1, 0.15) is 19.4 Å². The first kappa shape index (κ1) is 19.2. The number of amides is 1. The van der Waals surface area contributed by atoms with Crippen LogP contribution >= 0.6 is 11.6 Å². The predicted octanol–water partition coefficient (Wildman–Crippen LogP) is 3.68. The SMILES string of the molecule is CC(C)NS(=O)(=O)c1ccc(NC(=O)/C=C/c2cccc(Cl)c2)cc1. The van der Waals surface area contributed by atoms with E-state index in [-0.39, 0.29) is 16.8 Å². The van der Waals surface area contributed by atoms with Crippen molar-refractivity contribution in [1.82, 2.24) is 4.72 Å². The van der Waals surface area contributed by atoms with Crippen molar-refractivity contribution in [2.45, 2.75) is 24.8 Å². The van der Waals surface area contributed by atoms with Crippen LogP contribution in [0.5, 0.6) is 0 Å². The van der Waals surface area contributed by atoms with Crippen LogP contribution in [-0.4, -0.2) is 20.4 Å². The van der Waals surface area contributed by atoms with Gasteiger partial charge < -0.3 is 5.32 Å². The Balaban J connectivity index is 2.02. The van der Waals surface area contributed by atoms with E-state index in [9.17, 15) is 13.2 Å². The molecule has 0 radical (unpaired) electrons. The van der Waals surface area contributed by atoms with Gasteiger partial charge in [0.2, 0.25) is 15.9 Å². The van der Waals surface area contributed by atoms with Gasteiger partial charge in [0.05, 0.1) is 4.90 Å². The summed E-state index contributed by atoms with van der Waals surface area (Å²) in [6.45, 7) is 3.50. The van der Waals surface area contributed by atoms with Crippen LogP contribution in [0, 0.1) is 0 Å². The summed E-state index contributed by atoms with van der Waals surface area (Å²) in [6.07, 6.45) is 3.03. The number of sulfonamides is 1. The number of anilines is 1. The Morgan fingerprint density at radius 3 is 2.40 bits per heavy atom. The van der Waals surface area contributed by atoms with Crippen molar-refractivity contribution in [1.29, 1.82) is 0 Å². The lowest BCUT2D eigenvalue weighted by molar-refractivity contribution is -0.111. The lowest BCUT2D eigenvalue weighted by Gasteiger charge is -2.10. The Hall–Kier alpha value is -2.15. The van der Waals surface area contributed by atoms with Gasteiger partial charge in [0.25, 0.3) is 0 Å². The van der Waals surface area contributed by atoms with E-state index in [4.69, 9.17) is 11.6 Å². The molecule has 0 bridgehead atoms. The third-order valence-corrected chi connectivity index (χ3v) is 5.01. The highest BCUT2D eigenvalue weighted by Gasteiger charge is 2.14. The molecule has 0 aromatic heterocycles. The van der Waals surface area contributed by atoms with Gasteiger partial charge in [-0.3, -0.25) is 4.79 Å². The summed E-state index contributed by atoms with van der Waals surface area (Å²) in [5, 5.41) is 3.26. The summed E-state index contributed by atoms with van der Waals surface area (Å²) in [5.41, 5.74) is 1.31. The second-order valence-electron chi connectivity index (χ2n) is 5.68. The third-order valence-electron chi connectivity index (χ3n) is 3.10. The Morgan fingerprint density at radius 2 is 1.80 bits per heavy atom. The molecule has 0 aliphatic carbocycles. The molecule has 5 nitrogen and oxygen atoms in total. The summed E-state index contributed by atoms with van der Waals surface area (Å²) in [5.74, 6) is -0.323. The smallest absolute Gasteiger partial charge is 0.248 e. The number of nitrogens with one attached hydrogen (secondary N) is 2. The molecule has 0 aliphatic heterocycles. The van der Waals surface area contributed by atoms with E-state index < -0.39 is 10.0 Å². The molecule has 0 aliphatic rings. The summed E-state index contributed by atoms with van der Waals surface area (Å²) in [6, 6.07) is 12.9. The average Bonchev–Trinajstić information content (AvgIpc) is 2.52. The fraction of sp³-hybridized carbons (Fsp3) is 0.167. The first-order valence-electron chi connectivity index (χ1n) is 7.63. The molecule has 0 fully saturated rings. The quantitative estimate of drug-likeness (QED) is 0.753. The predicted molar refractivity (Wildman–Crippen MR) is 101 cm³/mol. The minimum Gasteiger partial charge on any atom is -0.323 e. The molecule has 0 unspecified atom stereocenters. The van der Waals surface area contributed by atoms with Crippen molar-refractivity contribution < 1.29 is 13.2 Å². The van der Waals surface area contributed by atoms with Crippen LogP contribution in [0.4, 0.5) is 5.69 Å². The van der Waals surface area contributed by atoms with Gasteiger partial charge in [0, 0.05) is 22.8 Å². The molecule has 7 heteroatoms. The molecule has 1 amide bonds. The average molecular weight is 379 g/mol. The molecular weight excluding hydrogens is 360 g/mol. The first-order chi connectivity index (χ1) is 11.8. The van der Waals surface area contributed by atoms with Crippen LogP contribution in [0.3, 0.4) is 0 Å². The van der Waals surface area contributed by atoms with E-state index in [0.717, 1.165) is 5.56 Å². The lowest BCUT2D eigenvalue weighted by Crippen LogP contribution is -2.30. The maximum absolute atomic E-state index is 12.0. The maximum atomic E-state index is 12.0. The van der Waals surface area contributed by atoms with Gasteiger partial charge in [0.15, 0.2) is 0 Å². The number of hydrogen-bond donors (Lipinski definition) is 2. The van der Waals surface area contributed by atoms with E-state index in [2.05, 4.69) is 10.0 Å². The molecule has 2 aromatic rings. The molecule has 0 saturated carbocycles. The summed E-state index contributed by atoms with van der Waals surface area (Å²) in [4.78, 5) is 12.1. The Morgan fingerprint density at radius 1 is 1.12 bits per heavy atom. The summed E-state index contributed by atoms with van der Waals surface area (Å²) >= 11 is 5.88. The van der Waals surface area contributed by atoms with Gasteiger partial charge in [-0.25, -0.2) is 13.1 Å². The Labute approximate surface area is 152 Å². The van der Waals surface area contributed by atoms with Crippen molar-refractivity contribution in [3.8, 4) is 0 Å². The highest BCUT2D eigenvalue weighted by atomic mass is 35.5. The highest BCUT2D eigenvalue weighted by Crippen LogP contribution is 2.15. The summed E-state index contributed by atoms with van der Waals surface area (Å²) in [7, 11) is -3.54. The largest absolute Gasteiger partial charge is 0.323 e. The minimum atomic E-state index is -3.54. The van der Waals surface area contributed by atoms with E-state index >= 15 is 0 Å². The molecule has 0 saturated heterocycles. The third kappa shape index (κ3) is 6.01. The van der Waals surface area contributed by atoms with Gasteiger partial charge >= 0.3 is 0 Å². The first-order valence-corrected chi connectivity index (χ1v) is 9.49. The molecular formula is C18H19ClN2O3S. The van der Waals surface area contributed by atoms with E-state index in [1.165, 1.54) is 18.2 Å². The minimum absolute atomic E-state index is 0.147. The van der Waals surface area contributed by atoms with Crippen molar-refractivity contribution in [3.63, 3.8) is 0 Å².